The maximum absolute atomic E-state index is 13.2. The Morgan fingerprint density at radius 1 is 1.47 bits per heavy atom. The lowest BCUT2D eigenvalue weighted by atomic mass is 10.0. The highest BCUT2D eigenvalue weighted by atomic mass is 79.9. The summed E-state index contributed by atoms with van der Waals surface area (Å²) in [7, 11) is 0. The Morgan fingerprint density at radius 2 is 2.32 bits per heavy atom. The zero-order chi connectivity index (χ0) is 13.7. The predicted molar refractivity (Wildman–Crippen MR) is 78.7 cm³/mol. The SMILES string of the molecule is CCCNC(Cc1ccc(F)c(Br)c1)c1csnn1. The molecule has 0 aliphatic rings. The molecule has 0 radical (unpaired) electrons. The summed E-state index contributed by atoms with van der Waals surface area (Å²) in [5.41, 5.74) is 2.01. The molecule has 1 atom stereocenters. The first-order valence-electron chi connectivity index (χ1n) is 6.15. The van der Waals surface area contributed by atoms with Gasteiger partial charge < -0.3 is 5.32 Å². The van der Waals surface area contributed by atoms with Gasteiger partial charge in [0.25, 0.3) is 0 Å². The summed E-state index contributed by atoms with van der Waals surface area (Å²) in [5.74, 6) is -0.239. The molecule has 0 fully saturated rings. The second-order valence-electron chi connectivity index (χ2n) is 4.29. The van der Waals surface area contributed by atoms with Crippen molar-refractivity contribution >= 4 is 27.5 Å². The van der Waals surface area contributed by atoms with Gasteiger partial charge >= 0.3 is 0 Å². The molecule has 2 aromatic rings. The number of nitrogens with zero attached hydrogens (tertiary/aromatic N) is 2. The minimum atomic E-state index is -0.239. The van der Waals surface area contributed by atoms with Crippen molar-refractivity contribution in [1.82, 2.24) is 14.9 Å². The molecule has 1 aromatic heterocycles. The van der Waals surface area contributed by atoms with Crippen LogP contribution in [0.5, 0.6) is 0 Å². The molecule has 1 aromatic carbocycles. The molecular weight excluding hydrogens is 329 g/mol. The highest BCUT2D eigenvalue weighted by Gasteiger charge is 2.15. The molecule has 6 heteroatoms. The standard InChI is InChI=1S/C13H15BrFN3S/c1-2-5-16-12(13-8-19-18-17-13)7-9-3-4-11(15)10(14)6-9/h3-4,6,8,12,16H,2,5,7H2,1H3. The van der Waals surface area contributed by atoms with E-state index in [1.165, 1.54) is 17.6 Å². The quantitative estimate of drug-likeness (QED) is 0.868. The van der Waals surface area contributed by atoms with Crippen LogP contribution < -0.4 is 5.32 Å². The van der Waals surface area contributed by atoms with E-state index in [1.54, 1.807) is 6.07 Å². The zero-order valence-electron chi connectivity index (χ0n) is 10.6. The van der Waals surface area contributed by atoms with Crippen LogP contribution >= 0.6 is 27.5 Å². The van der Waals surface area contributed by atoms with Crippen LogP contribution in [0.4, 0.5) is 4.39 Å². The number of rotatable bonds is 6. The molecule has 3 nitrogen and oxygen atoms in total. The lowest BCUT2D eigenvalue weighted by molar-refractivity contribution is 0.516. The van der Waals surface area contributed by atoms with Crippen molar-refractivity contribution in [2.75, 3.05) is 6.54 Å². The average molecular weight is 344 g/mol. The van der Waals surface area contributed by atoms with Gasteiger partial charge in [0.15, 0.2) is 0 Å². The minimum absolute atomic E-state index is 0.121. The molecule has 102 valence electrons. The summed E-state index contributed by atoms with van der Waals surface area (Å²) >= 11 is 4.56. The first-order valence-corrected chi connectivity index (χ1v) is 7.78. The molecular formula is C13H15BrFN3S. The second kappa shape index (κ2) is 7.07. The summed E-state index contributed by atoms with van der Waals surface area (Å²) in [5, 5.41) is 9.53. The number of aromatic nitrogens is 2. The smallest absolute Gasteiger partial charge is 0.137 e. The highest BCUT2D eigenvalue weighted by molar-refractivity contribution is 9.10. The Labute approximate surface area is 124 Å². The van der Waals surface area contributed by atoms with E-state index >= 15 is 0 Å². The predicted octanol–water partition coefficient (Wildman–Crippen LogP) is 3.72. The summed E-state index contributed by atoms with van der Waals surface area (Å²) in [6.45, 7) is 3.04. The topological polar surface area (TPSA) is 37.8 Å². The Morgan fingerprint density at radius 3 is 2.95 bits per heavy atom. The average Bonchev–Trinajstić information content (AvgIpc) is 2.92. The Balaban J connectivity index is 2.13. The van der Waals surface area contributed by atoms with Crippen molar-refractivity contribution in [1.29, 1.82) is 0 Å². The molecule has 1 N–H and O–H groups in total. The zero-order valence-corrected chi connectivity index (χ0v) is 13.0. The maximum atomic E-state index is 13.2. The van der Waals surface area contributed by atoms with Crippen LogP contribution in [0.15, 0.2) is 28.1 Å². The van der Waals surface area contributed by atoms with Gasteiger partial charge in [-0.1, -0.05) is 17.5 Å². The van der Waals surface area contributed by atoms with Crippen molar-refractivity contribution in [3.05, 3.63) is 45.1 Å². The third-order valence-corrected chi connectivity index (χ3v) is 3.93. The van der Waals surface area contributed by atoms with Crippen LogP contribution in [-0.2, 0) is 6.42 Å². The number of benzene rings is 1. The van der Waals surface area contributed by atoms with E-state index < -0.39 is 0 Å². The van der Waals surface area contributed by atoms with Gasteiger partial charge in [-0.05, 0) is 64.5 Å². The van der Waals surface area contributed by atoms with Gasteiger partial charge in [0.05, 0.1) is 16.2 Å². The van der Waals surface area contributed by atoms with E-state index in [4.69, 9.17) is 0 Å². The first kappa shape index (κ1) is 14.6. The Hall–Kier alpha value is -0.850. The van der Waals surface area contributed by atoms with Crippen molar-refractivity contribution < 1.29 is 4.39 Å². The molecule has 0 saturated heterocycles. The highest BCUT2D eigenvalue weighted by Crippen LogP contribution is 2.22. The van der Waals surface area contributed by atoms with E-state index in [0.29, 0.717) is 4.47 Å². The van der Waals surface area contributed by atoms with E-state index in [2.05, 4.69) is 37.8 Å². The molecule has 0 spiro atoms. The monoisotopic (exact) mass is 343 g/mol. The normalized spacial score (nSPS) is 12.6. The molecule has 1 unspecified atom stereocenters. The fraction of sp³-hybridized carbons (Fsp3) is 0.385. The largest absolute Gasteiger partial charge is 0.308 e. The fourth-order valence-corrected chi connectivity index (χ4v) is 2.76. The van der Waals surface area contributed by atoms with Gasteiger partial charge in [-0.2, -0.15) is 0 Å². The van der Waals surface area contributed by atoms with E-state index in [1.807, 2.05) is 11.4 Å². The fourth-order valence-electron chi connectivity index (χ4n) is 1.83. The van der Waals surface area contributed by atoms with Gasteiger partial charge in [0.1, 0.15) is 5.82 Å². The van der Waals surface area contributed by atoms with Gasteiger partial charge in [-0.15, -0.1) is 5.10 Å². The Kier molecular flexibility index (Phi) is 5.42. The van der Waals surface area contributed by atoms with Crippen molar-refractivity contribution in [2.45, 2.75) is 25.8 Å². The lowest BCUT2D eigenvalue weighted by Crippen LogP contribution is -2.24. The third-order valence-electron chi connectivity index (χ3n) is 2.80. The second-order valence-corrected chi connectivity index (χ2v) is 5.75. The van der Waals surface area contributed by atoms with E-state index in [0.717, 1.165) is 30.6 Å². The van der Waals surface area contributed by atoms with Gasteiger partial charge in [0, 0.05) is 5.38 Å². The van der Waals surface area contributed by atoms with Gasteiger partial charge in [-0.25, -0.2) is 4.39 Å². The van der Waals surface area contributed by atoms with Gasteiger partial charge in [-0.3, -0.25) is 0 Å². The number of hydrogen-bond acceptors (Lipinski definition) is 4. The van der Waals surface area contributed by atoms with Crippen LogP contribution in [0, 0.1) is 5.82 Å². The van der Waals surface area contributed by atoms with Crippen molar-refractivity contribution in [3.63, 3.8) is 0 Å². The summed E-state index contributed by atoms with van der Waals surface area (Å²) in [6, 6.07) is 5.22. The third kappa shape index (κ3) is 4.06. The van der Waals surface area contributed by atoms with Gasteiger partial charge in [0.2, 0.25) is 0 Å². The molecule has 0 bridgehead atoms. The molecule has 0 amide bonds. The molecule has 0 aliphatic heterocycles. The van der Waals surface area contributed by atoms with Crippen LogP contribution in [0.25, 0.3) is 0 Å². The Bertz CT molecular complexity index is 519. The molecule has 1 heterocycles. The number of hydrogen-bond donors (Lipinski definition) is 1. The molecule has 0 aliphatic carbocycles. The summed E-state index contributed by atoms with van der Waals surface area (Å²) in [4.78, 5) is 0. The van der Waals surface area contributed by atoms with Crippen LogP contribution in [0.1, 0.15) is 30.6 Å². The minimum Gasteiger partial charge on any atom is -0.308 e. The molecule has 19 heavy (non-hydrogen) atoms. The van der Waals surface area contributed by atoms with Crippen molar-refractivity contribution in [2.24, 2.45) is 0 Å². The molecule has 2 rings (SSSR count). The van der Waals surface area contributed by atoms with Crippen molar-refractivity contribution in [3.8, 4) is 0 Å². The number of halogens is 2. The number of nitrogens with one attached hydrogen (secondary N) is 1. The van der Waals surface area contributed by atoms with Crippen LogP contribution in [0.3, 0.4) is 0 Å². The maximum Gasteiger partial charge on any atom is 0.137 e. The summed E-state index contributed by atoms with van der Waals surface area (Å²) < 4.78 is 17.6. The molecule has 0 saturated carbocycles. The van der Waals surface area contributed by atoms with Crippen LogP contribution in [-0.4, -0.2) is 16.1 Å². The first-order chi connectivity index (χ1) is 9.20. The summed E-state index contributed by atoms with van der Waals surface area (Å²) in [6.07, 6.45) is 1.82. The van der Waals surface area contributed by atoms with E-state index in [9.17, 15) is 4.39 Å². The van der Waals surface area contributed by atoms with E-state index in [-0.39, 0.29) is 11.9 Å². The lowest BCUT2D eigenvalue weighted by Gasteiger charge is -2.16. The van der Waals surface area contributed by atoms with Crippen LogP contribution in [0.2, 0.25) is 0 Å².